The Morgan fingerprint density at radius 2 is 2.11 bits per heavy atom. The smallest absolute Gasteiger partial charge is 0.178 e. The molecule has 1 rings (SSSR count). The number of hydrogen-bond donors (Lipinski definition) is 0. The van der Waals surface area contributed by atoms with E-state index in [0.29, 0.717) is 6.61 Å². The zero-order valence-electron chi connectivity index (χ0n) is 11.8. The number of aryl methyl sites for hydroxylation is 1. The van der Waals surface area contributed by atoms with Gasteiger partial charge in [-0.25, -0.2) is 0 Å². The van der Waals surface area contributed by atoms with Gasteiger partial charge >= 0.3 is 0 Å². The van der Waals surface area contributed by atoms with Crippen LogP contribution in [0.5, 0.6) is 0 Å². The van der Waals surface area contributed by atoms with Gasteiger partial charge in [0, 0.05) is 24.1 Å². The van der Waals surface area contributed by atoms with Crippen molar-refractivity contribution in [2.75, 3.05) is 13.7 Å². The van der Waals surface area contributed by atoms with Crippen LogP contribution < -0.4 is 0 Å². The van der Waals surface area contributed by atoms with E-state index in [-0.39, 0.29) is 16.7 Å². The van der Waals surface area contributed by atoms with Crippen LogP contribution in [0.3, 0.4) is 0 Å². The summed E-state index contributed by atoms with van der Waals surface area (Å²) in [5, 5.41) is 0. The SMILES string of the molecule is CCC(Br)C(=O)c1cc(C)n(C(C)COC)c1C. The summed E-state index contributed by atoms with van der Waals surface area (Å²) in [6, 6.07) is 2.22. The van der Waals surface area contributed by atoms with Crippen LogP contribution in [-0.4, -0.2) is 28.9 Å². The Kier molecular flexibility index (Phi) is 5.60. The second-order valence-electron chi connectivity index (χ2n) is 4.70. The van der Waals surface area contributed by atoms with Crippen molar-refractivity contribution in [3.63, 3.8) is 0 Å². The van der Waals surface area contributed by atoms with E-state index in [4.69, 9.17) is 4.74 Å². The van der Waals surface area contributed by atoms with Gasteiger partial charge in [0.2, 0.25) is 0 Å². The lowest BCUT2D eigenvalue weighted by Crippen LogP contribution is -2.17. The van der Waals surface area contributed by atoms with E-state index in [2.05, 4.69) is 27.4 Å². The first-order valence-electron chi connectivity index (χ1n) is 6.29. The summed E-state index contributed by atoms with van der Waals surface area (Å²) in [7, 11) is 1.70. The quantitative estimate of drug-likeness (QED) is 0.592. The van der Waals surface area contributed by atoms with Gasteiger partial charge in [0.15, 0.2) is 5.78 Å². The van der Waals surface area contributed by atoms with E-state index in [1.165, 1.54) is 0 Å². The molecule has 0 aliphatic heterocycles. The third-order valence-electron chi connectivity index (χ3n) is 3.24. The second kappa shape index (κ2) is 6.53. The standard InChI is InChI=1S/C14H22BrNO2/c1-6-13(15)14(17)12-7-9(2)16(11(12)4)10(3)8-18-5/h7,10,13H,6,8H2,1-5H3. The fraction of sp³-hybridized carbons (Fsp3) is 0.643. The number of nitrogens with zero attached hydrogens (tertiary/aromatic N) is 1. The van der Waals surface area contributed by atoms with Crippen molar-refractivity contribution in [2.24, 2.45) is 0 Å². The Balaban J connectivity index is 3.11. The zero-order chi connectivity index (χ0) is 13.9. The highest BCUT2D eigenvalue weighted by molar-refractivity contribution is 9.10. The van der Waals surface area contributed by atoms with Gasteiger partial charge in [-0.15, -0.1) is 0 Å². The van der Waals surface area contributed by atoms with Crippen molar-refractivity contribution in [3.8, 4) is 0 Å². The number of Topliss-reactive ketones (excluding diaryl/α,β-unsaturated/α-hetero) is 1. The molecule has 18 heavy (non-hydrogen) atoms. The molecule has 0 aliphatic carbocycles. The van der Waals surface area contributed by atoms with Crippen LogP contribution >= 0.6 is 15.9 Å². The van der Waals surface area contributed by atoms with Gasteiger partial charge in [0.1, 0.15) is 0 Å². The van der Waals surface area contributed by atoms with Crippen LogP contribution in [0.2, 0.25) is 0 Å². The van der Waals surface area contributed by atoms with Gasteiger partial charge in [0.25, 0.3) is 0 Å². The Hall–Kier alpha value is -0.610. The van der Waals surface area contributed by atoms with Crippen molar-refractivity contribution >= 4 is 21.7 Å². The number of carbonyl (C=O) groups is 1. The number of carbonyl (C=O) groups excluding carboxylic acids is 1. The maximum absolute atomic E-state index is 12.3. The van der Waals surface area contributed by atoms with Crippen LogP contribution in [0.25, 0.3) is 0 Å². The summed E-state index contributed by atoms with van der Waals surface area (Å²) < 4.78 is 7.36. The molecule has 3 nitrogen and oxygen atoms in total. The highest BCUT2D eigenvalue weighted by Gasteiger charge is 2.22. The molecule has 2 atom stereocenters. The zero-order valence-corrected chi connectivity index (χ0v) is 13.4. The van der Waals surface area contributed by atoms with Gasteiger partial charge in [-0.2, -0.15) is 0 Å². The second-order valence-corrected chi connectivity index (χ2v) is 5.80. The molecule has 1 aromatic heterocycles. The summed E-state index contributed by atoms with van der Waals surface area (Å²) in [4.78, 5) is 12.2. The Morgan fingerprint density at radius 3 is 2.61 bits per heavy atom. The molecule has 0 saturated carbocycles. The Bertz CT molecular complexity index is 426. The number of ketones is 1. The first-order chi connectivity index (χ1) is 8.43. The minimum atomic E-state index is -0.0934. The molecule has 1 heterocycles. The van der Waals surface area contributed by atoms with Crippen LogP contribution in [0.15, 0.2) is 6.07 Å². The topological polar surface area (TPSA) is 31.2 Å². The van der Waals surface area contributed by atoms with Gasteiger partial charge in [-0.1, -0.05) is 22.9 Å². The summed E-state index contributed by atoms with van der Waals surface area (Å²) in [5.74, 6) is 0.168. The number of aromatic nitrogens is 1. The largest absolute Gasteiger partial charge is 0.383 e. The molecule has 0 saturated heterocycles. The van der Waals surface area contributed by atoms with Crippen LogP contribution in [-0.2, 0) is 4.74 Å². The molecular weight excluding hydrogens is 294 g/mol. The van der Waals surface area contributed by atoms with Crippen molar-refractivity contribution < 1.29 is 9.53 Å². The molecule has 0 bridgehead atoms. The van der Waals surface area contributed by atoms with E-state index >= 15 is 0 Å². The number of hydrogen-bond acceptors (Lipinski definition) is 2. The van der Waals surface area contributed by atoms with Gasteiger partial charge < -0.3 is 9.30 Å². The molecule has 1 aromatic rings. The average Bonchev–Trinajstić information content (AvgIpc) is 2.63. The predicted molar refractivity (Wildman–Crippen MR) is 77.8 cm³/mol. The Morgan fingerprint density at radius 1 is 1.50 bits per heavy atom. The number of rotatable bonds is 6. The molecule has 0 aliphatic rings. The highest BCUT2D eigenvalue weighted by atomic mass is 79.9. The first kappa shape index (κ1) is 15.4. The first-order valence-corrected chi connectivity index (χ1v) is 7.21. The van der Waals surface area contributed by atoms with E-state index < -0.39 is 0 Å². The number of methoxy groups -OCH3 is 1. The molecular formula is C14H22BrNO2. The molecule has 0 fully saturated rings. The number of alkyl halides is 1. The van der Waals surface area contributed by atoms with Crippen molar-refractivity contribution in [2.45, 2.75) is 45.0 Å². The number of halogens is 1. The predicted octanol–water partition coefficient (Wildman–Crippen LogP) is 3.67. The van der Waals surface area contributed by atoms with Crippen molar-refractivity contribution in [1.29, 1.82) is 0 Å². The minimum Gasteiger partial charge on any atom is -0.383 e. The molecule has 0 aromatic carbocycles. The molecule has 0 spiro atoms. The van der Waals surface area contributed by atoms with E-state index in [0.717, 1.165) is 23.4 Å². The fourth-order valence-electron chi connectivity index (χ4n) is 2.37. The maximum atomic E-state index is 12.3. The van der Waals surface area contributed by atoms with E-state index in [1.807, 2.05) is 26.8 Å². The molecule has 2 unspecified atom stereocenters. The van der Waals surface area contributed by atoms with E-state index in [1.54, 1.807) is 7.11 Å². The summed E-state index contributed by atoms with van der Waals surface area (Å²) in [6.07, 6.45) is 0.802. The lowest BCUT2D eigenvalue weighted by Gasteiger charge is -2.18. The fourth-order valence-corrected chi connectivity index (χ4v) is 2.62. The maximum Gasteiger partial charge on any atom is 0.178 e. The lowest BCUT2D eigenvalue weighted by molar-refractivity contribution is 0.0989. The van der Waals surface area contributed by atoms with Gasteiger partial charge in [0.05, 0.1) is 17.5 Å². The van der Waals surface area contributed by atoms with E-state index in [9.17, 15) is 4.79 Å². The monoisotopic (exact) mass is 315 g/mol. The minimum absolute atomic E-state index is 0.0934. The van der Waals surface area contributed by atoms with Crippen LogP contribution in [0.4, 0.5) is 0 Å². The molecule has 4 heteroatoms. The summed E-state index contributed by atoms with van der Waals surface area (Å²) >= 11 is 3.43. The Labute approximate surface area is 118 Å². The molecule has 0 N–H and O–H groups in total. The lowest BCUT2D eigenvalue weighted by atomic mass is 10.1. The van der Waals surface area contributed by atoms with Crippen molar-refractivity contribution in [1.82, 2.24) is 4.57 Å². The van der Waals surface area contributed by atoms with Crippen LogP contribution in [0, 0.1) is 13.8 Å². The third-order valence-corrected chi connectivity index (χ3v) is 4.30. The van der Waals surface area contributed by atoms with Crippen LogP contribution in [0.1, 0.15) is 48.1 Å². The van der Waals surface area contributed by atoms with Gasteiger partial charge in [-0.05, 0) is 33.3 Å². The summed E-state index contributed by atoms with van der Waals surface area (Å²) in [5.41, 5.74) is 2.95. The normalized spacial score (nSPS) is 14.6. The van der Waals surface area contributed by atoms with Gasteiger partial charge in [-0.3, -0.25) is 4.79 Å². The third kappa shape index (κ3) is 3.04. The highest BCUT2D eigenvalue weighted by Crippen LogP contribution is 2.24. The average molecular weight is 316 g/mol. The molecule has 0 radical (unpaired) electrons. The van der Waals surface area contributed by atoms with Crippen molar-refractivity contribution in [3.05, 3.63) is 23.0 Å². The molecule has 0 amide bonds. The molecule has 102 valence electrons. The summed E-state index contributed by atoms with van der Waals surface area (Å²) in [6.45, 7) is 8.79. The number of ether oxygens (including phenoxy) is 1.